The van der Waals surface area contributed by atoms with Crippen molar-refractivity contribution in [2.75, 3.05) is 5.88 Å². The maximum absolute atomic E-state index is 8.55. The normalized spacial score (nSPS) is 12.4. The fraction of sp³-hybridized carbons (Fsp3) is 0.500. The van der Waals surface area contributed by atoms with Crippen LogP contribution in [0.5, 0.6) is 0 Å². The molecular weight excluding hydrogens is 182 g/mol. The van der Waals surface area contributed by atoms with Crippen LogP contribution in [-0.4, -0.2) is 14.6 Å². The first-order valence-corrected chi connectivity index (χ1v) is 4.35. The van der Waals surface area contributed by atoms with E-state index < -0.39 is 0 Å². The van der Waals surface area contributed by atoms with Crippen molar-refractivity contribution >= 4 is 23.3 Å². The van der Waals surface area contributed by atoms with Crippen molar-refractivity contribution in [2.24, 2.45) is 5.92 Å². The third-order valence-electron chi connectivity index (χ3n) is 1.23. The van der Waals surface area contributed by atoms with Crippen LogP contribution in [0, 0.1) is 17.2 Å². The second kappa shape index (κ2) is 4.27. The summed E-state index contributed by atoms with van der Waals surface area (Å²) in [5, 5.41) is 8.55. The number of hydrogen-bond donors (Lipinski definition) is 0. The molecule has 3 nitrogen and oxygen atoms in total. The Morgan fingerprint density at radius 3 is 3.09 bits per heavy atom. The van der Waals surface area contributed by atoms with Crippen LogP contribution in [0.15, 0.2) is 6.20 Å². The summed E-state index contributed by atoms with van der Waals surface area (Å²) in [6, 6.07) is 2.09. The summed E-state index contributed by atoms with van der Waals surface area (Å²) in [7, 11) is 0. The van der Waals surface area contributed by atoms with Gasteiger partial charge < -0.3 is 0 Å². The average molecular weight is 188 g/mol. The van der Waals surface area contributed by atoms with Crippen LogP contribution in [0.25, 0.3) is 0 Å². The van der Waals surface area contributed by atoms with Gasteiger partial charge in [0.2, 0.25) is 0 Å². The van der Waals surface area contributed by atoms with Gasteiger partial charge in [-0.3, -0.25) is 0 Å². The van der Waals surface area contributed by atoms with Gasteiger partial charge in [-0.05, 0) is 0 Å². The number of alkyl halides is 1. The highest BCUT2D eigenvalue weighted by Gasteiger charge is 2.08. The number of aromatic nitrogens is 2. The molecule has 0 N–H and O–H groups in total. The lowest BCUT2D eigenvalue weighted by atomic mass is 10.1. The first kappa shape index (κ1) is 8.44. The lowest BCUT2D eigenvalue weighted by Gasteiger charge is -1.98. The van der Waals surface area contributed by atoms with Gasteiger partial charge in [0.1, 0.15) is 0 Å². The molecule has 0 spiro atoms. The number of halogens is 1. The minimum absolute atomic E-state index is 0.138. The van der Waals surface area contributed by atoms with Crippen molar-refractivity contribution in [3.8, 4) is 6.07 Å². The molecule has 0 aromatic carbocycles. The highest BCUT2D eigenvalue weighted by atomic mass is 35.5. The molecule has 58 valence electrons. The molecule has 1 unspecified atom stereocenters. The van der Waals surface area contributed by atoms with E-state index >= 15 is 0 Å². The summed E-state index contributed by atoms with van der Waals surface area (Å²) in [6.07, 6.45) is 2.28. The van der Waals surface area contributed by atoms with Crippen LogP contribution in [0.3, 0.4) is 0 Å². The number of nitriles is 1. The van der Waals surface area contributed by atoms with Gasteiger partial charge in [-0.2, -0.15) is 14.0 Å². The molecule has 1 rings (SSSR count). The molecule has 0 amide bonds. The van der Waals surface area contributed by atoms with E-state index in [2.05, 4.69) is 14.8 Å². The van der Waals surface area contributed by atoms with Crippen molar-refractivity contribution in [1.29, 1.82) is 5.26 Å². The molecule has 11 heavy (non-hydrogen) atoms. The molecule has 1 atom stereocenters. The lowest BCUT2D eigenvalue weighted by molar-refractivity contribution is 0.734. The molecule has 1 aromatic rings. The molecule has 0 saturated carbocycles. The topological polar surface area (TPSA) is 49.6 Å². The van der Waals surface area contributed by atoms with Crippen molar-refractivity contribution in [2.45, 2.75) is 6.42 Å². The molecule has 0 aliphatic rings. The fourth-order valence-electron chi connectivity index (χ4n) is 0.661. The monoisotopic (exact) mass is 187 g/mol. The van der Waals surface area contributed by atoms with E-state index in [4.69, 9.17) is 16.9 Å². The average Bonchev–Trinajstić information content (AvgIpc) is 2.52. The summed E-state index contributed by atoms with van der Waals surface area (Å²) in [5.74, 6) is 0.217. The van der Waals surface area contributed by atoms with E-state index in [0.717, 1.165) is 17.4 Å². The third kappa shape index (κ3) is 2.45. The smallest absolute Gasteiger partial charge is 0.0756 e. The zero-order valence-electron chi connectivity index (χ0n) is 5.70. The van der Waals surface area contributed by atoms with Gasteiger partial charge in [0.15, 0.2) is 0 Å². The molecule has 0 aliphatic carbocycles. The molecule has 0 aliphatic heterocycles. The molecule has 0 fully saturated rings. The van der Waals surface area contributed by atoms with E-state index in [0.29, 0.717) is 12.3 Å². The Hall–Kier alpha value is -0.660. The minimum atomic E-state index is -0.138. The summed E-state index contributed by atoms with van der Waals surface area (Å²) in [5.41, 5.74) is 0.849. The van der Waals surface area contributed by atoms with Crippen LogP contribution >= 0.6 is 23.3 Å². The van der Waals surface area contributed by atoms with Crippen LogP contribution in [-0.2, 0) is 6.42 Å². The second-order valence-corrected chi connectivity index (χ2v) is 2.95. The molecule has 1 aromatic heterocycles. The zero-order valence-corrected chi connectivity index (χ0v) is 7.27. The summed E-state index contributed by atoms with van der Waals surface area (Å²) >= 11 is 6.67. The third-order valence-corrected chi connectivity index (χ3v) is 2.12. The predicted octanol–water partition coefficient (Wildman–Crippen LogP) is 1.46. The van der Waals surface area contributed by atoms with Gasteiger partial charge >= 0.3 is 0 Å². The van der Waals surface area contributed by atoms with Crippen LogP contribution < -0.4 is 0 Å². The van der Waals surface area contributed by atoms with Crippen molar-refractivity contribution < 1.29 is 0 Å². The van der Waals surface area contributed by atoms with Crippen LogP contribution in [0.4, 0.5) is 0 Å². The van der Waals surface area contributed by atoms with Gasteiger partial charge in [-0.25, -0.2) is 0 Å². The quantitative estimate of drug-likeness (QED) is 0.674. The maximum atomic E-state index is 8.55. The van der Waals surface area contributed by atoms with Crippen molar-refractivity contribution in [3.63, 3.8) is 0 Å². The standard InChI is InChI=1S/C6H6ClN3S/c7-2-5(3-8)1-6-4-9-11-10-6/h4-5H,1-2H2. The minimum Gasteiger partial charge on any atom is -0.198 e. The SMILES string of the molecule is N#CC(CCl)Cc1cnsn1. The van der Waals surface area contributed by atoms with Gasteiger partial charge in [-0.1, -0.05) is 0 Å². The first-order chi connectivity index (χ1) is 5.36. The molecule has 0 saturated heterocycles. The number of nitrogens with zero attached hydrogens (tertiary/aromatic N) is 3. The summed E-state index contributed by atoms with van der Waals surface area (Å²) < 4.78 is 7.79. The van der Waals surface area contributed by atoms with Gasteiger partial charge in [0.25, 0.3) is 0 Å². The Balaban J connectivity index is 2.49. The molecule has 1 heterocycles. The first-order valence-electron chi connectivity index (χ1n) is 3.09. The molecule has 0 radical (unpaired) electrons. The summed E-state index contributed by atoms with van der Waals surface area (Å²) in [6.45, 7) is 0. The van der Waals surface area contributed by atoms with E-state index in [1.54, 1.807) is 6.20 Å². The lowest BCUT2D eigenvalue weighted by Crippen LogP contribution is -2.03. The van der Waals surface area contributed by atoms with Crippen LogP contribution in [0.2, 0.25) is 0 Å². The molecular formula is C6H6ClN3S. The Kier molecular flexibility index (Phi) is 3.27. The summed E-state index contributed by atoms with van der Waals surface area (Å²) in [4.78, 5) is 0. The van der Waals surface area contributed by atoms with Gasteiger partial charge in [0.05, 0.1) is 35.6 Å². The number of hydrogen-bond acceptors (Lipinski definition) is 4. The van der Waals surface area contributed by atoms with E-state index in [-0.39, 0.29) is 5.92 Å². The van der Waals surface area contributed by atoms with Gasteiger partial charge in [-0.15, -0.1) is 11.6 Å². The highest BCUT2D eigenvalue weighted by molar-refractivity contribution is 6.99. The van der Waals surface area contributed by atoms with Crippen molar-refractivity contribution in [3.05, 3.63) is 11.9 Å². The van der Waals surface area contributed by atoms with Gasteiger partial charge in [0, 0.05) is 12.3 Å². The zero-order chi connectivity index (χ0) is 8.10. The van der Waals surface area contributed by atoms with Crippen LogP contribution in [0.1, 0.15) is 5.69 Å². The number of rotatable bonds is 3. The molecule has 0 bridgehead atoms. The Labute approximate surface area is 73.9 Å². The van der Waals surface area contributed by atoms with E-state index in [1.807, 2.05) is 0 Å². The molecule has 5 heteroatoms. The second-order valence-electron chi connectivity index (χ2n) is 2.08. The fourth-order valence-corrected chi connectivity index (χ4v) is 1.28. The van der Waals surface area contributed by atoms with Crippen molar-refractivity contribution in [1.82, 2.24) is 8.75 Å². The Morgan fingerprint density at radius 1 is 1.82 bits per heavy atom. The maximum Gasteiger partial charge on any atom is 0.0756 e. The Bertz CT molecular complexity index is 241. The largest absolute Gasteiger partial charge is 0.198 e. The highest BCUT2D eigenvalue weighted by Crippen LogP contribution is 2.07. The Morgan fingerprint density at radius 2 is 2.64 bits per heavy atom. The van der Waals surface area contributed by atoms with E-state index in [1.165, 1.54) is 0 Å². The van der Waals surface area contributed by atoms with E-state index in [9.17, 15) is 0 Å². The predicted molar refractivity (Wildman–Crippen MR) is 43.4 cm³/mol.